The van der Waals surface area contributed by atoms with Crippen molar-refractivity contribution in [2.24, 2.45) is 5.92 Å². The van der Waals surface area contributed by atoms with Gasteiger partial charge in [-0.1, -0.05) is 20.8 Å². The van der Waals surface area contributed by atoms with Gasteiger partial charge in [-0.15, -0.1) is 0 Å². The van der Waals surface area contributed by atoms with Crippen molar-refractivity contribution in [3.8, 4) is 0 Å². The van der Waals surface area contributed by atoms with E-state index in [4.69, 9.17) is 5.11 Å². The summed E-state index contributed by atoms with van der Waals surface area (Å²) in [6.07, 6.45) is 1.40. The van der Waals surface area contributed by atoms with Gasteiger partial charge in [0.15, 0.2) is 0 Å². The summed E-state index contributed by atoms with van der Waals surface area (Å²) in [5.41, 5.74) is 0. The van der Waals surface area contributed by atoms with Crippen LogP contribution in [0.3, 0.4) is 0 Å². The lowest BCUT2D eigenvalue weighted by molar-refractivity contribution is -0.142. The molecule has 0 amide bonds. The van der Waals surface area contributed by atoms with Gasteiger partial charge in [0.05, 0.1) is 6.10 Å². The quantitative estimate of drug-likeness (QED) is 0.580. The molecule has 0 unspecified atom stereocenters. The van der Waals surface area contributed by atoms with Crippen molar-refractivity contribution in [2.45, 2.75) is 40.7 Å². The van der Waals surface area contributed by atoms with E-state index in [1.165, 1.54) is 0 Å². The smallest absolute Gasteiger partial charge is 0.331 e. The minimum atomic E-state index is -1.16. The summed E-state index contributed by atoms with van der Waals surface area (Å²) < 4.78 is 4.61. The summed E-state index contributed by atoms with van der Waals surface area (Å²) in [6.45, 7) is 9.87. The lowest BCUT2D eigenvalue weighted by Crippen LogP contribution is -2.08. The molecule has 0 aliphatic rings. The van der Waals surface area contributed by atoms with Crippen molar-refractivity contribution in [3.63, 3.8) is 0 Å². The number of hydrogen-bond donors (Lipinski definition) is 1. The van der Waals surface area contributed by atoms with E-state index >= 15 is 0 Å². The van der Waals surface area contributed by atoms with Crippen LogP contribution in [0.1, 0.15) is 34.6 Å². The molecule has 0 aliphatic carbocycles. The van der Waals surface area contributed by atoms with Gasteiger partial charge in [0.25, 0.3) is 0 Å². The largest absolute Gasteiger partial charge is 0.478 e. The maximum Gasteiger partial charge on any atom is 0.331 e. The Bertz CT molecular complexity index is 214. The molecule has 0 atom stereocenters. The molecule has 0 saturated carbocycles. The van der Waals surface area contributed by atoms with Gasteiger partial charge in [0.2, 0.25) is 0 Å². The highest BCUT2D eigenvalue weighted by Gasteiger charge is 2.00. The van der Waals surface area contributed by atoms with E-state index < -0.39 is 11.9 Å². The van der Waals surface area contributed by atoms with Crippen molar-refractivity contribution in [1.29, 1.82) is 0 Å². The maximum atomic E-state index is 10.6. The fourth-order valence-corrected chi connectivity index (χ4v) is 0.411. The SMILES string of the molecule is CC(C)C.CC(C)OC(=O)/C=C\C(=O)O. The Morgan fingerprint density at radius 3 is 1.73 bits per heavy atom. The molecule has 0 aliphatic heterocycles. The molecular formula is C11H20O4. The standard InChI is InChI=1S/C7H10O4.C4H10/c1-5(2)11-7(10)4-3-6(8)9;1-4(2)3/h3-5H,1-2H3,(H,8,9);4H,1-3H3/b4-3-;. The van der Waals surface area contributed by atoms with E-state index in [0.717, 1.165) is 18.1 Å². The molecule has 15 heavy (non-hydrogen) atoms. The number of ether oxygens (including phenoxy) is 1. The number of rotatable bonds is 3. The van der Waals surface area contributed by atoms with Gasteiger partial charge in [-0.3, -0.25) is 0 Å². The highest BCUT2D eigenvalue weighted by Crippen LogP contribution is 1.89. The molecule has 0 fully saturated rings. The predicted octanol–water partition coefficient (Wildman–Crippen LogP) is 2.24. The summed E-state index contributed by atoms with van der Waals surface area (Å²) in [6, 6.07) is 0. The predicted molar refractivity (Wildman–Crippen MR) is 58.5 cm³/mol. The maximum absolute atomic E-state index is 10.6. The molecule has 0 saturated heterocycles. The van der Waals surface area contributed by atoms with Gasteiger partial charge >= 0.3 is 11.9 Å². The first-order valence-electron chi connectivity index (χ1n) is 4.87. The molecule has 0 radical (unpaired) electrons. The number of carboxylic acids is 1. The van der Waals surface area contributed by atoms with Gasteiger partial charge < -0.3 is 9.84 Å². The topological polar surface area (TPSA) is 63.6 Å². The van der Waals surface area contributed by atoms with Crippen molar-refractivity contribution < 1.29 is 19.4 Å². The molecule has 1 N–H and O–H groups in total. The zero-order valence-electron chi connectivity index (χ0n) is 9.98. The zero-order chi connectivity index (χ0) is 12.4. The van der Waals surface area contributed by atoms with Crippen LogP contribution in [-0.2, 0) is 14.3 Å². The molecule has 0 aromatic heterocycles. The molecular weight excluding hydrogens is 196 g/mol. The normalized spacial score (nSPS) is 10.1. The highest BCUT2D eigenvalue weighted by atomic mass is 16.5. The monoisotopic (exact) mass is 216 g/mol. The average Bonchev–Trinajstić information content (AvgIpc) is 1.98. The van der Waals surface area contributed by atoms with Crippen LogP contribution in [0.5, 0.6) is 0 Å². The van der Waals surface area contributed by atoms with Crippen LogP contribution in [0.25, 0.3) is 0 Å². The van der Waals surface area contributed by atoms with E-state index in [0.29, 0.717) is 0 Å². The first-order valence-corrected chi connectivity index (χ1v) is 4.87. The molecule has 4 nitrogen and oxygen atoms in total. The van der Waals surface area contributed by atoms with Crippen LogP contribution >= 0.6 is 0 Å². The van der Waals surface area contributed by atoms with Gasteiger partial charge in [-0.2, -0.15) is 0 Å². The van der Waals surface area contributed by atoms with Crippen molar-refractivity contribution in [1.82, 2.24) is 0 Å². The number of aliphatic carboxylic acids is 1. The van der Waals surface area contributed by atoms with Crippen LogP contribution in [0.4, 0.5) is 0 Å². The fourth-order valence-electron chi connectivity index (χ4n) is 0.411. The van der Waals surface area contributed by atoms with Crippen molar-refractivity contribution in [3.05, 3.63) is 12.2 Å². The Labute approximate surface area is 90.9 Å². The Morgan fingerprint density at radius 2 is 1.47 bits per heavy atom. The van der Waals surface area contributed by atoms with Crippen LogP contribution in [0.2, 0.25) is 0 Å². The second-order valence-electron chi connectivity index (χ2n) is 3.89. The number of hydrogen-bond acceptors (Lipinski definition) is 3. The minimum Gasteiger partial charge on any atom is -0.478 e. The van der Waals surface area contributed by atoms with Gasteiger partial charge in [-0.05, 0) is 19.8 Å². The molecule has 0 bridgehead atoms. The summed E-state index contributed by atoms with van der Waals surface area (Å²) in [5.74, 6) is -0.965. The summed E-state index contributed by atoms with van der Waals surface area (Å²) >= 11 is 0. The third-order valence-electron chi connectivity index (χ3n) is 0.714. The molecule has 0 rings (SSSR count). The third kappa shape index (κ3) is 24.5. The van der Waals surface area contributed by atoms with Crippen molar-refractivity contribution >= 4 is 11.9 Å². The first kappa shape index (κ1) is 16.1. The molecule has 0 heterocycles. The van der Waals surface area contributed by atoms with Crippen LogP contribution in [0, 0.1) is 5.92 Å². The Kier molecular flexibility index (Phi) is 9.94. The summed E-state index contributed by atoms with van der Waals surface area (Å²) in [4.78, 5) is 20.5. The van der Waals surface area contributed by atoms with E-state index in [2.05, 4.69) is 25.5 Å². The minimum absolute atomic E-state index is 0.221. The Balaban J connectivity index is 0. The third-order valence-corrected chi connectivity index (χ3v) is 0.714. The summed E-state index contributed by atoms with van der Waals surface area (Å²) in [7, 11) is 0. The number of carbonyl (C=O) groups excluding carboxylic acids is 1. The van der Waals surface area contributed by atoms with Crippen molar-refractivity contribution in [2.75, 3.05) is 0 Å². The van der Waals surface area contributed by atoms with Crippen LogP contribution in [-0.4, -0.2) is 23.1 Å². The Hall–Kier alpha value is -1.32. The highest BCUT2D eigenvalue weighted by molar-refractivity contribution is 5.90. The lowest BCUT2D eigenvalue weighted by atomic mass is 10.3. The van der Waals surface area contributed by atoms with Gasteiger partial charge in [-0.25, -0.2) is 9.59 Å². The number of esters is 1. The zero-order valence-corrected chi connectivity index (χ0v) is 9.98. The molecule has 0 spiro atoms. The van der Waals surface area contributed by atoms with Gasteiger partial charge in [0.1, 0.15) is 0 Å². The first-order chi connectivity index (χ1) is 6.75. The second-order valence-corrected chi connectivity index (χ2v) is 3.89. The fraction of sp³-hybridized carbons (Fsp3) is 0.636. The van der Waals surface area contributed by atoms with Gasteiger partial charge in [0, 0.05) is 12.2 Å². The second kappa shape index (κ2) is 9.24. The van der Waals surface area contributed by atoms with E-state index in [1.54, 1.807) is 13.8 Å². The van der Waals surface area contributed by atoms with E-state index in [-0.39, 0.29) is 6.10 Å². The van der Waals surface area contributed by atoms with Crippen LogP contribution < -0.4 is 0 Å². The molecule has 88 valence electrons. The summed E-state index contributed by atoms with van der Waals surface area (Å²) in [5, 5.41) is 8.10. The van der Waals surface area contributed by atoms with E-state index in [1.807, 2.05) is 0 Å². The lowest BCUT2D eigenvalue weighted by Gasteiger charge is -2.02. The van der Waals surface area contributed by atoms with Crippen LogP contribution in [0.15, 0.2) is 12.2 Å². The number of carboxylic acid groups (broad SMARTS) is 1. The molecule has 0 aromatic carbocycles. The number of carbonyl (C=O) groups is 2. The Morgan fingerprint density at radius 1 is 1.07 bits per heavy atom. The molecule has 4 heteroatoms. The van der Waals surface area contributed by atoms with E-state index in [9.17, 15) is 9.59 Å². The molecule has 0 aromatic rings. The average molecular weight is 216 g/mol.